The fourth-order valence-corrected chi connectivity index (χ4v) is 2.43. The van der Waals surface area contributed by atoms with Crippen molar-refractivity contribution < 1.29 is 9.53 Å². The van der Waals surface area contributed by atoms with Crippen LogP contribution in [0.4, 0.5) is 5.69 Å². The van der Waals surface area contributed by atoms with Crippen LogP contribution in [0, 0.1) is 6.92 Å². The fraction of sp³-hybridized carbons (Fsp3) is 0.150. The number of para-hydroxylation sites is 1. The number of aryl methyl sites for hydroxylation is 1. The van der Waals surface area contributed by atoms with Gasteiger partial charge in [0.05, 0.1) is 18.4 Å². The van der Waals surface area contributed by atoms with E-state index < -0.39 is 11.3 Å². The van der Waals surface area contributed by atoms with Crippen LogP contribution in [-0.4, -0.2) is 22.3 Å². The van der Waals surface area contributed by atoms with E-state index in [1.165, 1.54) is 10.7 Å². The number of hydrogen-bond acceptors (Lipinski definition) is 4. The highest BCUT2D eigenvalue weighted by atomic mass is 16.5. The number of nitrogens with zero attached hydrogens (tertiary/aromatic N) is 2. The standard InChI is InChI=1S/C20H19N3O3/c1-3-26-18-13-17(24)19(22-23(18)16-7-5-4-6-8-16)20(25)21-15-11-9-14(2)10-12-15/h4-13H,3H2,1-2H3,(H,21,25). The van der Waals surface area contributed by atoms with E-state index in [0.717, 1.165) is 5.56 Å². The molecule has 0 unspecified atom stereocenters. The quantitative estimate of drug-likeness (QED) is 0.768. The van der Waals surface area contributed by atoms with Crippen LogP contribution in [-0.2, 0) is 0 Å². The van der Waals surface area contributed by atoms with Crippen LogP contribution in [0.15, 0.2) is 65.5 Å². The Morgan fingerprint density at radius 1 is 1.12 bits per heavy atom. The minimum atomic E-state index is -0.563. The number of benzene rings is 2. The van der Waals surface area contributed by atoms with Gasteiger partial charge in [0.15, 0.2) is 5.69 Å². The number of anilines is 1. The molecular formula is C20H19N3O3. The number of hydrogen-bond donors (Lipinski definition) is 1. The van der Waals surface area contributed by atoms with Gasteiger partial charge in [-0.1, -0.05) is 35.9 Å². The van der Waals surface area contributed by atoms with Gasteiger partial charge in [-0.25, -0.2) is 4.68 Å². The molecule has 0 bridgehead atoms. The van der Waals surface area contributed by atoms with Gasteiger partial charge in [-0.05, 0) is 38.1 Å². The molecule has 3 rings (SSSR count). The molecule has 0 saturated heterocycles. The van der Waals surface area contributed by atoms with E-state index >= 15 is 0 Å². The highest BCUT2D eigenvalue weighted by Gasteiger charge is 2.17. The maximum atomic E-state index is 12.5. The van der Waals surface area contributed by atoms with Gasteiger partial charge in [0, 0.05) is 5.69 Å². The predicted molar refractivity (Wildman–Crippen MR) is 100 cm³/mol. The molecule has 0 aliphatic heterocycles. The average molecular weight is 349 g/mol. The molecule has 3 aromatic rings. The van der Waals surface area contributed by atoms with E-state index in [-0.39, 0.29) is 11.6 Å². The maximum absolute atomic E-state index is 12.5. The van der Waals surface area contributed by atoms with E-state index in [0.29, 0.717) is 18.0 Å². The van der Waals surface area contributed by atoms with E-state index in [4.69, 9.17) is 4.74 Å². The van der Waals surface area contributed by atoms with Gasteiger partial charge >= 0.3 is 0 Å². The lowest BCUT2D eigenvalue weighted by molar-refractivity contribution is 0.101. The van der Waals surface area contributed by atoms with Crippen molar-refractivity contribution >= 4 is 11.6 Å². The number of rotatable bonds is 5. The molecule has 1 N–H and O–H groups in total. The third-order valence-corrected chi connectivity index (χ3v) is 3.71. The molecule has 6 nitrogen and oxygen atoms in total. The summed E-state index contributed by atoms with van der Waals surface area (Å²) >= 11 is 0. The second-order valence-electron chi connectivity index (χ2n) is 5.70. The summed E-state index contributed by atoms with van der Waals surface area (Å²) < 4.78 is 6.96. The van der Waals surface area contributed by atoms with Gasteiger partial charge in [-0.3, -0.25) is 9.59 Å². The molecule has 0 aliphatic rings. The van der Waals surface area contributed by atoms with E-state index in [1.807, 2.05) is 56.3 Å². The van der Waals surface area contributed by atoms with Gasteiger partial charge in [0.2, 0.25) is 11.3 Å². The molecule has 1 heterocycles. The van der Waals surface area contributed by atoms with Crippen molar-refractivity contribution in [2.75, 3.05) is 11.9 Å². The van der Waals surface area contributed by atoms with E-state index in [1.54, 1.807) is 12.1 Å². The third-order valence-electron chi connectivity index (χ3n) is 3.71. The molecule has 0 atom stereocenters. The molecule has 1 aromatic heterocycles. The lowest BCUT2D eigenvalue weighted by atomic mass is 10.2. The molecule has 0 spiro atoms. The first kappa shape index (κ1) is 17.4. The molecule has 26 heavy (non-hydrogen) atoms. The highest BCUT2D eigenvalue weighted by molar-refractivity contribution is 6.02. The largest absolute Gasteiger partial charge is 0.478 e. The Hall–Kier alpha value is -3.41. The number of nitrogens with one attached hydrogen (secondary N) is 1. The van der Waals surface area contributed by atoms with E-state index in [2.05, 4.69) is 10.4 Å². The van der Waals surface area contributed by atoms with Crippen molar-refractivity contribution in [3.8, 4) is 11.6 Å². The molecule has 1 amide bonds. The summed E-state index contributed by atoms with van der Waals surface area (Å²) in [5.41, 5.74) is 1.68. The fourth-order valence-electron chi connectivity index (χ4n) is 2.43. The predicted octanol–water partition coefficient (Wildman–Crippen LogP) is 3.19. The summed E-state index contributed by atoms with van der Waals surface area (Å²) in [6, 6.07) is 17.8. The Labute approximate surface area is 151 Å². The Morgan fingerprint density at radius 2 is 1.81 bits per heavy atom. The summed E-state index contributed by atoms with van der Waals surface area (Å²) in [5, 5.41) is 6.94. The normalized spacial score (nSPS) is 10.4. The Morgan fingerprint density at radius 3 is 2.46 bits per heavy atom. The van der Waals surface area contributed by atoms with Crippen molar-refractivity contribution in [2.24, 2.45) is 0 Å². The Kier molecular flexibility index (Phi) is 5.12. The van der Waals surface area contributed by atoms with Crippen LogP contribution >= 0.6 is 0 Å². The average Bonchev–Trinajstić information content (AvgIpc) is 2.65. The van der Waals surface area contributed by atoms with Crippen LogP contribution in [0.25, 0.3) is 5.69 Å². The zero-order chi connectivity index (χ0) is 18.5. The van der Waals surface area contributed by atoms with Crippen molar-refractivity contribution in [1.29, 1.82) is 0 Å². The molecule has 0 aliphatic carbocycles. The van der Waals surface area contributed by atoms with Gasteiger partial charge < -0.3 is 10.1 Å². The van der Waals surface area contributed by atoms with Crippen LogP contribution < -0.4 is 15.5 Å². The van der Waals surface area contributed by atoms with Crippen LogP contribution in [0.2, 0.25) is 0 Å². The van der Waals surface area contributed by atoms with Crippen molar-refractivity contribution in [1.82, 2.24) is 9.78 Å². The number of carbonyl (C=O) groups excluding carboxylic acids is 1. The lowest BCUT2D eigenvalue weighted by Crippen LogP contribution is -2.26. The van der Waals surface area contributed by atoms with Gasteiger partial charge in [-0.2, -0.15) is 5.10 Å². The Bertz CT molecular complexity index is 964. The summed E-state index contributed by atoms with van der Waals surface area (Å²) in [5.74, 6) is -0.276. The number of amides is 1. The number of ether oxygens (including phenoxy) is 1. The monoisotopic (exact) mass is 349 g/mol. The first-order valence-electron chi connectivity index (χ1n) is 8.29. The van der Waals surface area contributed by atoms with Crippen molar-refractivity contribution in [2.45, 2.75) is 13.8 Å². The maximum Gasteiger partial charge on any atom is 0.280 e. The third kappa shape index (κ3) is 3.80. The van der Waals surface area contributed by atoms with E-state index in [9.17, 15) is 9.59 Å². The zero-order valence-corrected chi connectivity index (χ0v) is 14.6. The molecule has 2 aromatic carbocycles. The van der Waals surface area contributed by atoms with Crippen molar-refractivity contribution in [3.05, 3.63) is 82.1 Å². The highest BCUT2D eigenvalue weighted by Crippen LogP contribution is 2.16. The topological polar surface area (TPSA) is 73.2 Å². The van der Waals surface area contributed by atoms with Crippen molar-refractivity contribution in [3.63, 3.8) is 0 Å². The van der Waals surface area contributed by atoms with Crippen LogP contribution in [0.5, 0.6) is 5.88 Å². The summed E-state index contributed by atoms with van der Waals surface area (Å²) in [7, 11) is 0. The van der Waals surface area contributed by atoms with Gasteiger partial charge in [-0.15, -0.1) is 0 Å². The summed E-state index contributed by atoms with van der Waals surface area (Å²) in [6.45, 7) is 4.15. The molecule has 0 fully saturated rings. The molecular weight excluding hydrogens is 330 g/mol. The van der Waals surface area contributed by atoms with Gasteiger partial charge in [0.1, 0.15) is 0 Å². The first-order valence-corrected chi connectivity index (χ1v) is 8.29. The second kappa shape index (κ2) is 7.65. The second-order valence-corrected chi connectivity index (χ2v) is 5.70. The lowest BCUT2D eigenvalue weighted by Gasteiger charge is -2.13. The summed E-state index contributed by atoms with van der Waals surface area (Å²) in [6.07, 6.45) is 0. The summed E-state index contributed by atoms with van der Waals surface area (Å²) in [4.78, 5) is 24.9. The van der Waals surface area contributed by atoms with Gasteiger partial charge in [0.25, 0.3) is 5.91 Å². The van der Waals surface area contributed by atoms with Crippen LogP contribution in [0.3, 0.4) is 0 Å². The number of carbonyl (C=O) groups is 1. The number of aromatic nitrogens is 2. The molecule has 0 radical (unpaired) electrons. The van der Waals surface area contributed by atoms with Crippen LogP contribution in [0.1, 0.15) is 23.0 Å². The SMILES string of the molecule is CCOc1cc(=O)c(C(=O)Nc2ccc(C)cc2)nn1-c1ccccc1. The minimum absolute atomic E-state index is 0.196. The molecule has 0 saturated carbocycles. The Balaban J connectivity index is 2.00. The first-order chi connectivity index (χ1) is 12.6. The minimum Gasteiger partial charge on any atom is -0.478 e. The molecule has 6 heteroatoms. The molecule has 132 valence electrons. The zero-order valence-electron chi connectivity index (χ0n) is 14.6. The smallest absolute Gasteiger partial charge is 0.280 e.